The fourth-order valence-corrected chi connectivity index (χ4v) is 4.68. The predicted molar refractivity (Wildman–Crippen MR) is 122 cm³/mol. The summed E-state index contributed by atoms with van der Waals surface area (Å²) in [6.45, 7) is 9.20. The average molecular weight is 423 g/mol. The Hall–Kier alpha value is -2.78. The van der Waals surface area contributed by atoms with Gasteiger partial charge in [0.1, 0.15) is 6.33 Å². The van der Waals surface area contributed by atoms with E-state index in [0.29, 0.717) is 17.3 Å². The number of hydrogen-bond acceptors (Lipinski definition) is 7. The number of nitrogens with one attached hydrogen (secondary N) is 2. The van der Waals surface area contributed by atoms with Crippen LogP contribution in [0.4, 0.5) is 11.5 Å². The molecule has 0 spiro atoms. The van der Waals surface area contributed by atoms with Gasteiger partial charge < -0.3 is 25.5 Å². The number of benzene rings is 1. The van der Waals surface area contributed by atoms with Crippen LogP contribution >= 0.6 is 11.8 Å². The van der Waals surface area contributed by atoms with Crippen LogP contribution in [0.2, 0.25) is 0 Å². The third-order valence-corrected chi connectivity index (χ3v) is 6.25. The van der Waals surface area contributed by atoms with Crippen molar-refractivity contribution in [3.8, 4) is 0 Å². The van der Waals surface area contributed by atoms with Gasteiger partial charge in [-0.05, 0) is 42.4 Å². The Bertz CT molecular complexity index is 1190. The summed E-state index contributed by atoms with van der Waals surface area (Å²) in [5.74, 6) is 1.03. The first-order valence-electron chi connectivity index (χ1n) is 10.3. The van der Waals surface area contributed by atoms with Crippen molar-refractivity contribution in [1.82, 2.24) is 29.8 Å². The van der Waals surface area contributed by atoms with E-state index in [4.69, 9.17) is 10.7 Å². The van der Waals surface area contributed by atoms with Gasteiger partial charge in [0.25, 0.3) is 0 Å². The number of nitrogen functional groups attached to an aromatic ring is 1. The van der Waals surface area contributed by atoms with E-state index >= 15 is 0 Å². The van der Waals surface area contributed by atoms with Crippen molar-refractivity contribution in [2.45, 2.75) is 30.4 Å². The van der Waals surface area contributed by atoms with Crippen molar-refractivity contribution < 1.29 is 0 Å². The quantitative estimate of drug-likeness (QED) is 0.296. The number of anilines is 2. The average Bonchev–Trinajstić information content (AvgIpc) is 3.36. The SMILES string of the molecule is CC(C)CNCCn1c(Sc2cc3cc[nH]c3cc2N2CC2)nc2c(N)ncnc21. The molecule has 30 heavy (non-hydrogen) atoms. The second-order valence-electron chi connectivity index (χ2n) is 8.05. The fourth-order valence-electron chi connectivity index (χ4n) is 3.58. The molecule has 0 unspecified atom stereocenters. The number of hydrogen-bond donors (Lipinski definition) is 3. The highest BCUT2D eigenvalue weighted by atomic mass is 32.2. The van der Waals surface area contributed by atoms with Gasteiger partial charge >= 0.3 is 0 Å². The molecular weight excluding hydrogens is 396 g/mol. The number of aromatic amines is 1. The minimum absolute atomic E-state index is 0.419. The van der Waals surface area contributed by atoms with Crippen LogP contribution in [0.15, 0.2) is 40.8 Å². The van der Waals surface area contributed by atoms with E-state index in [1.165, 1.54) is 22.3 Å². The molecule has 1 saturated heterocycles. The van der Waals surface area contributed by atoms with E-state index in [-0.39, 0.29) is 0 Å². The summed E-state index contributed by atoms with van der Waals surface area (Å²) < 4.78 is 2.15. The molecule has 3 aromatic heterocycles. The molecule has 1 aliphatic rings. The Morgan fingerprint density at radius 1 is 1.27 bits per heavy atom. The summed E-state index contributed by atoms with van der Waals surface area (Å²) in [4.78, 5) is 20.3. The Kier molecular flexibility index (Phi) is 5.00. The minimum atomic E-state index is 0.419. The maximum atomic E-state index is 6.11. The largest absolute Gasteiger partial charge is 0.382 e. The highest BCUT2D eigenvalue weighted by molar-refractivity contribution is 7.99. The standard InChI is InChI=1S/C21H26N8S/c1-13(2)11-23-5-6-29-20-18(19(22)25-12-26-20)27-21(29)30-17-9-14-3-4-24-15(14)10-16(17)28-7-8-28/h3-4,9-10,12-13,23-24H,5-8,11H2,1-2H3,(H2,22,25,26). The molecule has 1 fully saturated rings. The van der Waals surface area contributed by atoms with Crippen LogP contribution in [0.5, 0.6) is 0 Å². The third kappa shape index (κ3) is 3.70. The maximum absolute atomic E-state index is 6.11. The van der Waals surface area contributed by atoms with Gasteiger partial charge in [0.2, 0.25) is 0 Å². The monoisotopic (exact) mass is 422 g/mol. The zero-order chi connectivity index (χ0) is 20.7. The van der Waals surface area contributed by atoms with Crippen LogP contribution in [-0.4, -0.2) is 50.7 Å². The number of aromatic nitrogens is 5. The molecular formula is C21H26N8S. The van der Waals surface area contributed by atoms with Gasteiger partial charge in [0, 0.05) is 48.2 Å². The molecule has 4 heterocycles. The van der Waals surface area contributed by atoms with Crippen molar-refractivity contribution in [1.29, 1.82) is 0 Å². The zero-order valence-corrected chi connectivity index (χ0v) is 18.0. The molecule has 4 N–H and O–H groups in total. The van der Waals surface area contributed by atoms with Crippen LogP contribution in [0, 0.1) is 5.92 Å². The van der Waals surface area contributed by atoms with E-state index in [1.54, 1.807) is 11.8 Å². The molecule has 0 aliphatic carbocycles. The number of imidazole rings is 1. The summed E-state index contributed by atoms with van der Waals surface area (Å²) in [5, 5.41) is 5.60. The number of nitrogens with zero attached hydrogens (tertiary/aromatic N) is 5. The van der Waals surface area contributed by atoms with Gasteiger partial charge in [-0.2, -0.15) is 0 Å². The van der Waals surface area contributed by atoms with Crippen LogP contribution in [0.1, 0.15) is 13.8 Å². The van der Waals surface area contributed by atoms with E-state index < -0.39 is 0 Å². The lowest BCUT2D eigenvalue weighted by Crippen LogP contribution is -2.24. The Morgan fingerprint density at radius 2 is 2.13 bits per heavy atom. The molecule has 5 rings (SSSR count). The number of fused-ring (bicyclic) bond motifs is 2. The lowest BCUT2D eigenvalue weighted by atomic mass is 10.2. The third-order valence-electron chi connectivity index (χ3n) is 5.21. The summed E-state index contributed by atoms with van der Waals surface area (Å²) in [6, 6.07) is 6.57. The second kappa shape index (κ2) is 7.81. The normalized spacial score (nSPS) is 13.8. The van der Waals surface area contributed by atoms with E-state index in [0.717, 1.165) is 49.0 Å². The van der Waals surface area contributed by atoms with Crippen LogP contribution in [0.25, 0.3) is 22.1 Å². The number of rotatable bonds is 8. The summed E-state index contributed by atoms with van der Waals surface area (Å²) in [6.07, 6.45) is 3.50. The first kappa shape index (κ1) is 19.2. The molecule has 0 saturated carbocycles. The van der Waals surface area contributed by atoms with Crippen molar-refractivity contribution in [3.05, 3.63) is 30.7 Å². The van der Waals surface area contributed by atoms with Crippen LogP contribution in [-0.2, 0) is 6.54 Å². The molecule has 1 aromatic carbocycles. The van der Waals surface area contributed by atoms with E-state index in [2.05, 4.69) is 61.8 Å². The predicted octanol–water partition coefficient (Wildman–Crippen LogP) is 3.11. The van der Waals surface area contributed by atoms with Gasteiger partial charge in [-0.3, -0.25) is 0 Å². The van der Waals surface area contributed by atoms with Gasteiger partial charge in [-0.1, -0.05) is 13.8 Å². The number of nitrogens with two attached hydrogens (primary N) is 1. The second-order valence-corrected chi connectivity index (χ2v) is 9.06. The smallest absolute Gasteiger partial charge is 0.175 e. The fraction of sp³-hybridized carbons (Fsp3) is 0.381. The molecule has 0 amide bonds. The molecule has 0 radical (unpaired) electrons. The van der Waals surface area contributed by atoms with Crippen molar-refractivity contribution >= 4 is 45.3 Å². The van der Waals surface area contributed by atoms with Crippen molar-refractivity contribution in [3.63, 3.8) is 0 Å². The summed E-state index contributed by atoms with van der Waals surface area (Å²) >= 11 is 1.67. The van der Waals surface area contributed by atoms with Crippen molar-refractivity contribution in [2.24, 2.45) is 5.92 Å². The molecule has 9 heteroatoms. The lowest BCUT2D eigenvalue weighted by molar-refractivity contribution is 0.516. The minimum Gasteiger partial charge on any atom is -0.382 e. The van der Waals surface area contributed by atoms with Crippen molar-refractivity contribution in [2.75, 3.05) is 36.8 Å². The molecule has 8 nitrogen and oxygen atoms in total. The Morgan fingerprint density at radius 3 is 2.93 bits per heavy atom. The molecule has 0 bridgehead atoms. The maximum Gasteiger partial charge on any atom is 0.175 e. The van der Waals surface area contributed by atoms with Gasteiger partial charge in [-0.15, -0.1) is 0 Å². The number of H-pyrrole nitrogens is 1. The molecule has 1 aliphatic heterocycles. The van der Waals surface area contributed by atoms with Gasteiger partial charge in [-0.25, -0.2) is 15.0 Å². The summed E-state index contributed by atoms with van der Waals surface area (Å²) in [7, 11) is 0. The topological polar surface area (TPSA) is 100 Å². The van der Waals surface area contributed by atoms with Crippen LogP contribution in [0.3, 0.4) is 0 Å². The first-order valence-corrected chi connectivity index (χ1v) is 11.1. The van der Waals surface area contributed by atoms with E-state index in [9.17, 15) is 0 Å². The van der Waals surface area contributed by atoms with Gasteiger partial charge in [0.05, 0.1) is 5.69 Å². The Balaban J connectivity index is 1.52. The highest BCUT2D eigenvalue weighted by Crippen LogP contribution is 2.40. The first-order chi connectivity index (χ1) is 14.6. The highest BCUT2D eigenvalue weighted by Gasteiger charge is 2.24. The molecule has 0 atom stereocenters. The lowest BCUT2D eigenvalue weighted by Gasteiger charge is -2.13. The van der Waals surface area contributed by atoms with Crippen LogP contribution < -0.4 is 16.0 Å². The zero-order valence-electron chi connectivity index (χ0n) is 17.2. The summed E-state index contributed by atoms with van der Waals surface area (Å²) in [5.41, 5.74) is 9.96. The molecule has 156 valence electrons. The van der Waals surface area contributed by atoms with Gasteiger partial charge in [0.15, 0.2) is 22.1 Å². The van der Waals surface area contributed by atoms with E-state index in [1.807, 2.05) is 6.20 Å². The Labute approximate surface area is 179 Å². The molecule has 4 aromatic rings.